The monoisotopic (exact) mass is 266 g/mol. The minimum atomic E-state index is -1.10. The van der Waals surface area contributed by atoms with Crippen LogP contribution in [-0.2, 0) is 0 Å². The van der Waals surface area contributed by atoms with E-state index in [4.69, 9.17) is 5.11 Å². The summed E-state index contributed by atoms with van der Waals surface area (Å²) in [4.78, 5) is 21.3. The summed E-state index contributed by atoms with van der Waals surface area (Å²) in [5, 5.41) is 22.8. The van der Waals surface area contributed by atoms with Crippen LogP contribution < -0.4 is 5.32 Å². The molecule has 19 heavy (non-hydrogen) atoms. The second kappa shape index (κ2) is 6.72. The van der Waals surface area contributed by atoms with Crippen LogP contribution in [0.3, 0.4) is 0 Å². The molecule has 0 bridgehead atoms. The first-order valence-electron chi connectivity index (χ1n) is 6.24. The molecule has 0 aliphatic rings. The SMILES string of the molecule is CCCCC(C)Nc1cc([N+](=O)[O-])ccc1C(=O)O. The maximum atomic E-state index is 11.1. The van der Waals surface area contributed by atoms with E-state index in [-0.39, 0.29) is 17.3 Å². The zero-order chi connectivity index (χ0) is 14.4. The van der Waals surface area contributed by atoms with E-state index in [0.717, 1.165) is 19.3 Å². The normalized spacial score (nSPS) is 11.9. The van der Waals surface area contributed by atoms with Crippen LogP contribution in [0.1, 0.15) is 43.5 Å². The summed E-state index contributed by atoms with van der Waals surface area (Å²) >= 11 is 0. The highest BCUT2D eigenvalue weighted by atomic mass is 16.6. The molecule has 0 heterocycles. The van der Waals surface area contributed by atoms with Gasteiger partial charge in [0.15, 0.2) is 0 Å². The van der Waals surface area contributed by atoms with Crippen molar-refractivity contribution in [3.05, 3.63) is 33.9 Å². The third-order valence-electron chi connectivity index (χ3n) is 2.84. The summed E-state index contributed by atoms with van der Waals surface area (Å²) in [6.45, 7) is 4.00. The number of anilines is 1. The number of nitrogens with zero attached hydrogens (tertiary/aromatic N) is 1. The Kier molecular flexibility index (Phi) is 5.29. The Morgan fingerprint density at radius 1 is 1.53 bits per heavy atom. The van der Waals surface area contributed by atoms with Crippen molar-refractivity contribution in [1.29, 1.82) is 0 Å². The first kappa shape index (κ1) is 14.9. The molecule has 2 N–H and O–H groups in total. The number of carboxylic acids is 1. The Morgan fingerprint density at radius 2 is 2.21 bits per heavy atom. The molecule has 0 radical (unpaired) electrons. The smallest absolute Gasteiger partial charge is 0.337 e. The molecular weight excluding hydrogens is 248 g/mol. The molecule has 6 nitrogen and oxygen atoms in total. The molecule has 104 valence electrons. The number of rotatable bonds is 7. The van der Waals surface area contributed by atoms with Crippen LogP contribution in [0, 0.1) is 10.1 Å². The van der Waals surface area contributed by atoms with Gasteiger partial charge in [0.25, 0.3) is 5.69 Å². The Hall–Kier alpha value is -2.11. The van der Waals surface area contributed by atoms with Crippen molar-refractivity contribution in [3.63, 3.8) is 0 Å². The molecule has 6 heteroatoms. The molecule has 0 saturated heterocycles. The van der Waals surface area contributed by atoms with E-state index in [0.29, 0.717) is 5.69 Å². The number of hydrogen-bond donors (Lipinski definition) is 2. The van der Waals surface area contributed by atoms with E-state index in [1.54, 1.807) is 0 Å². The standard InChI is InChI=1S/C13H18N2O4/c1-3-4-5-9(2)14-12-8-10(15(18)19)6-7-11(12)13(16)17/h6-9,14H,3-5H2,1-2H3,(H,16,17). The predicted molar refractivity (Wildman–Crippen MR) is 72.7 cm³/mol. The molecule has 1 unspecified atom stereocenters. The molecule has 0 aromatic heterocycles. The van der Waals surface area contributed by atoms with Gasteiger partial charge in [0.05, 0.1) is 16.2 Å². The maximum absolute atomic E-state index is 11.1. The largest absolute Gasteiger partial charge is 0.478 e. The number of hydrogen-bond acceptors (Lipinski definition) is 4. The fourth-order valence-electron chi connectivity index (χ4n) is 1.80. The van der Waals surface area contributed by atoms with Crippen molar-refractivity contribution in [2.75, 3.05) is 5.32 Å². The number of nitrogens with one attached hydrogen (secondary N) is 1. The third-order valence-corrected chi connectivity index (χ3v) is 2.84. The number of nitro groups is 1. The minimum Gasteiger partial charge on any atom is -0.478 e. The summed E-state index contributed by atoms with van der Waals surface area (Å²) in [6, 6.07) is 3.80. The summed E-state index contributed by atoms with van der Waals surface area (Å²) in [6.07, 6.45) is 2.95. The molecule has 1 atom stereocenters. The molecule has 1 aromatic carbocycles. The van der Waals surface area contributed by atoms with Gasteiger partial charge >= 0.3 is 5.97 Å². The van der Waals surface area contributed by atoms with Gasteiger partial charge in [-0.1, -0.05) is 19.8 Å². The van der Waals surface area contributed by atoms with Crippen molar-refractivity contribution < 1.29 is 14.8 Å². The van der Waals surface area contributed by atoms with Crippen molar-refractivity contribution in [2.24, 2.45) is 0 Å². The Morgan fingerprint density at radius 3 is 2.74 bits per heavy atom. The van der Waals surface area contributed by atoms with Crippen molar-refractivity contribution >= 4 is 17.3 Å². The average Bonchev–Trinajstić information content (AvgIpc) is 2.35. The van der Waals surface area contributed by atoms with Crippen molar-refractivity contribution in [2.45, 2.75) is 39.2 Å². The van der Waals surface area contributed by atoms with Crippen LogP contribution in [0.25, 0.3) is 0 Å². The van der Waals surface area contributed by atoms with Gasteiger partial charge in [-0.25, -0.2) is 4.79 Å². The van der Waals surface area contributed by atoms with E-state index in [9.17, 15) is 14.9 Å². The van der Waals surface area contributed by atoms with Crippen molar-refractivity contribution in [3.8, 4) is 0 Å². The number of aromatic carboxylic acids is 1. The molecule has 0 aliphatic carbocycles. The van der Waals surface area contributed by atoms with Gasteiger partial charge in [0.2, 0.25) is 0 Å². The number of carboxylic acid groups (broad SMARTS) is 1. The van der Waals surface area contributed by atoms with Gasteiger partial charge in [0, 0.05) is 18.2 Å². The van der Waals surface area contributed by atoms with Crippen LogP contribution in [0.2, 0.25) is 0 Å². The van der Waals surface area contributed by atoms with Gasteiger partial charge in [0.1, 0.15) is 0 Å². The van der Waals surface area contributed by atoms with Crippen LogP contribution in [0.4, 0.5) is 11.4 Å². The van der Waals surface area contributed by atoms with Crippen molar-refractivity contribution in [1.82, 2.24) is 0 Å². The second-order valence-electron chi connectivity index (χ2n) is 4.48. The fraction of sp³-hybridized carbons (Fsp3) is 0.462. The highest BCUT2D eigenvalue weighted by molar-refractivity contribution is 5.94. The highest BCUT2D eigenvalue weighted by Crippen LogP contribution is 2.24. The Bertz CT molecular complexity index is 474. The maximum Gasteiger partial charge on any atom is 0.337 e. The van der Waals surface area contributed by atoms with Crippen LogP contribution in [0.15, 0.2) is 18.2 Å². The quantitative estimate of drug-likeness (QED) is 0.583. The molecule has 0 spiro atoms. The Labute approximate surface area is 111 Å². The lowest BCUT2D eigenvalue weighted by molar-refractivity contribution is -0.384. The number of nitro benzene ring substituents is 1. The lowest BCUT2D eigenvalue weighted by atomic mass is 10.1. The van der Waals surface area contributed by atoms with Gasteiger partial charge in [-0.3, -0.25) is 10.1 Å². The minimum absolute atomic E-state index is 0.0500. The van der Waals surface area contributed by atoms with E-state index in [1.165, 1.54) is 18.2 Å². The first-order chi connectivity index (χ1) is 8.95. The lowest BCUT2D eigenvalue weighted by Crippen LogP contribution is -2.17. The van der Waals surface area contributed by atoms with Crippen LogP contribution >= 0.6 is 0 Å². The second-order valence-corrected chi connectivity index (χ2v) is 4.48. The molecule has 0 saturated carbocycles. The number of benzene rings is 1. The Balaban J connectivity index is 2.97. The zero-order valence-corrected chi connectivity index (χ0v) is 11.0. The van der Waals surface area contributed by atoms with E-state index >= 15 is 0 Å². The lowest BCUT2D eigenvalue weighted by Gasteiger charge is -2.16. The van der Waals surface area contributed by atoms with E-state index in [1.807, 2.05) is 6.92 Å². The summed E-state index contributed by atoms with van der Waals surface area (Å²) in [5.41, 5.74) is 0.231. The van der Waals surface area contributed by atoms with E-state index < -0.39 is 10.9 Å². The topological polar surface area (TPSA) is 92.5 Å². The summed E-state index contributed by atoms with van der Waals surface area (Å²) < 4.78 is 0. The van der Waals surface area contributed by atoms with Gasteiger partial charge in [-0.15, -0.1) is 0 Å². The number of unbranched alkanes of at least 4 members (excludes halogenated alkanes) is 1. The van der Waals surface area contributed by atoms with Gasteiger partial charge in [-0.2, -0.15) is 0 Å². The van der Waals surface area contributed by atoms with Crippen LogP contribution in [-0.4, -0.2) is 22.0 Å². The number of non-ortho nitro benzene ring substituents is 1. The summed E-state index contributed by atoms with van der Waals surface area (Å²) in [7, 11) is 0. The fourth-order valence-corrected chi connectivity index (χ4v) is 1.80. The van der Waals surface area contributed by atoms with Gasteiger partial charge < -0.3 is 10.4 Å². The average molecular weight is 266 g/mol. The van der Waals surface area contributed by atoms with Gasteiger partial charge in [-0.05, 0) is 19.4 Å². The molecule has 1 aromatic rings. The molecule has 0 fully saturated rings. The molecular formula is C13H18N2O4. The van der Waals surface area contributed by atoms with E-state index in [2.05, 4.69) is 12.2 Å². The summed E-state index contributed by atoms with van der Waals surface area (Å²) in [5.74, 6) is -1.10. The third kappa shape index (κ3) is 4.24. The highest BCUT2D eigenvalue weighted by Gasteiger charge is 2.16. The number of carbonyl (C=O) groups is 1. The zero-order valence-electron chi connectivity index (χ0n) is 11.0. The molecule has 0 aliphatic heterocycles. The molecule has 1 rings (SSSR count). The first-order valence-corrected chi connectivity index (χ1v) is 6.24. The predicted octanol–water partition coefficient (Wildman–Crippen LogP) is 3.28. The molecule has 0 amide bonds. The van der Waals surface area contributed by atoms with Crippen LogP contribution in [0.5, 0.6) is 0 Å².